The van der Waals surface area contributed by atoms with Crippen LogP contribution in [0.25, 0.3) is 10.9 Å². The van der Waals surface area contributed by atoms with Crippen molar-refractivity contribution in [2.75, 3.05) is 19.7 Å². The van der Waals surface area contributed by atoms with Gasteiger partial charge in [0.05, 0.1) is 18.2 Å². The van der Waals surface area contributed by atoms with E-state index in [-0.39, 0.29) is 11.7 Å². The number of aryl methyl sites for hydroxylation is 1. The quantitative estimate of drug-likeness (QED) is 0.738. The molecule has 0 bridgehead atoms. The van der Waals surface area contributed by atoms with Gasteiger partial charge in [-0.05, 0) is 23.6 Å². The number of rotatable bonds is 3. The summed E-state index contributed by atoms with van der Waals surface area (Å²) in [6.07, 6.45) is 3.62. The molecule has 1 fully saturated rings. The molecule has 3 heterocycles. The zero-order valence-corrected chi connectivity index (χ0v) is 14.3. The number of fused-ring (bicyclic) bond motifs is 1. The third-order valence-electron chi connectivity index (χ3n) is 4.81. The van der Waals surface area contributed by atoms with Crippen LogP contribution in [0.4, 0.5) is 0 Å². The first-order valence-corrected chi connectivity index (χ1v) is 8.54. The first kappa shape index (κ1) is 16.0. The number of benzene rings is 1. The molecular weight excluding hydrogens is 314 g/mol. The van der Waals surface area contributed by atoms with Crippen molar-refractivity contribution in [2.45, 2.75) is 12.6 Å². The lowest BCUT2D eigenvalue weighted by atomic mass is 10.1. The van der Waals surface area contributed by atoms with Crippen LogP contribution in [0.2, 0.25) is 0 Å². The third-order valence-corrected chi connectivity index (χ3v) is 4.81. The predicted molar refractivity (Wildman–Crippen MR) is 97.4 cm³/mol. The molecule has 1 aromatic carbocycles. The van der Waals surface area contributed by atoms with Crippen LogP contribution in [-0.4, -0.2) is 34.1 Å². The Morgan fingerprint density at radius 2 is 2.12 bits per heavy atom. The summed E-state index contributed by atoms with van der Waals surface area (Å²) in [6.45, 7) is 2.89. The van der Waals surface area contributed by atoms with Crippen molar-refractivity contribution < 1.29 is 4.74 Å². The molecule has 2 aromatic heterocycles. The first-order valence-electron chi connectivity index (χ1n) is 8.54. The van der Waals surface area contributed by atoms with E-state index in [1.54, 1.807) is 10.8 Å². The molecule has 1 aliphatic rings. The maximum absolute atomic E-state index is 12.7. The largest absolute Gasteiger partial charge is 0.371 e. The Kier molecular flexibility index (Phi) is 4.34. The molecule has 0 spiro atoms. The van der Waals surface area contributed by atoms with Crippen molar-refractivity contribution in [3.63, 3.8) is 0 Å². The molecule has 0 radical (unpaired) electrons. The van der Waals surface area contributed by atoms with Crippen molar-refractivity contribution in [2.24, 2.45) is 7.05 Å². The van der Waals surface area contributed by atoms with E-state index in [0.29, 0.717) is 13.2 Å². The molecule has 0 saturated carbocycles. The molecule has 25 heavy (non-hydrogen) atoms. The topological polar surface area (TPSA) is 47.4 Å². The van der Waals surface area contributed by atoms with E-state index in [4.69, 9.17) is 4.74 Å². The fraction of sp³-hybridized carbons (Fsp3) is 0.300. The summed E-state index contributed by atoms with van der Waals surface area (Å²) in [4.78, 5) is 19.2. The number of hydrogen-bond donors (Lipinski definition) is 0. The van der Waals surface area contributed by atoms with Gasteiger partial charge in [0.1, 0.15) is 0 Å². The summed E-state index contributed by atoms with van der Waals surface area (Å²) in [5.41, 5.74) is 2.95. The van der Waals surface area contributed by atoms with Gasteiger partial charge < -0.3 is 9.30 Å². The normalized spacial score (nSPS) is 18.5. The van der Waals surface area contributed by atoms with Crippen LogP contribution in [0.15, 0.2) is 59.7 Å². The highest BCUT2D eigenvalue weighted by Crippen LogP contribution is 2.22. The monoisotopic (exact) mass is 335 g/mol. The molecular formula is C20H21N3O2. The molecule has 0 aliphatic carbocycles. The first-order chi connectivity index (χ1) is 12.2. The van der Waals surface area contributed by atoms with Gasteiger partial charge in [-0.1, -0.05) is 24.3 Å². The molecule has 0 amide bonds. The van der Waals surface area contributed by atoms with Gasteiger partial charge in [0.15, 0.2) is 0 Å². The van der Waals surface area contributed by atoms with E-state index < -0.39 is 0 Å². The molecule has 0 unspecified atom stereocenters. The van der Waals surface area contributed by atoms with Crippen molar-refractivity contribution in [1.82, 2.24) is 14.5 Å². The maximum Gasteiger partial charge on any atom is 0.255 e. The Bertz CT molecular complexity index is 937. The van der Waals surface area contributed by atoms with Gasteiger partial charge in [-0.15, -0.1) is 0 Å². The van der Waals surface area contributed by atoms with E-state index in [1.807, 2.05) is 49.6 Å². The molecule has 1 aliphatic heterocycles. The number of morpholine rings is 1. The lowest BCUT2D eigenvalue weighted by Crippen LogP contribution is -2.39. The summed E-state index contributed by atoms with van der Waals surface area (Å²) in [5, 5.41) is 1.09. The minimum Gasteiger partial charge on any atom is -0.371 e. The number of pyridine rings is 2. The van der Waals surface area contributed by atoms with Crippen LogP contribution in [0.1, 0.15) is 17.2 Å². The van der Waals surface area contributed by atoms with E-state index in [9.17, 15) is 4.79 Å². The Hall–Kier alpha value is -2.50. The lowest BCUT2D eigenvalue weighted by molar-refractivity contribution is -0.0332. The molecule has 5 nitrogen and oxygen atoms in total. The van der Waals surface area contributed by atoms with Crippen LogP contribution < -0.4 is 5.56 Å². The number of ether oxygens (including phenoxy) is 1. The van der Waals surface area contributed by atoms with Gasteiger partial charge in [0.25, 0.3) is 5.56 Å². The number of para-hydroxylation sites is 1. The standard InChI is InChI=1S/C20H21N3O2/c1-22-18-7-3-2-5-15(18)11-17(20(22)24)13-23-9-10-25-19(14-23)16-6-4-8-21-12-16/h2-8,11-12,19H,9-10,13-14H2,1H3/t19-/m0/s1. The van der Waals surface area contributed by atoms with Gasteiger partial charge in [-0.25, -0.2) is 0 Å². The molecule has 5 heteroatoms. The average molecular weight is 335 g/mol. The number of aromatic nitrogens is 2. The lowest BCUT2D eigenvalue weighted by Gasteiger charge is -2.33. The zero-order valence-electron chi connectivity index (χ0n) is 14.3. The molecule has 4 rings (SSSR count). The van der Waals surface area contributed by atoms with Crippen molar-refractivity contribution in [3.05, 3.63) is 76.3 Å². The van der Waals surface area contributed by atoms with Gasteiger partial charge in [0, 0.05) is 50.2 Å². The minimum atomic E-state index is 0.00626. The van der Waals surface area contributed by atoms with E-state index >= 15 is 0 Å². The second-order valence-corrected chi connectivity index (χ2v) is 6.47. The average Bonchev–Trinajstić information content (AvgIpc) is 2.67. The molecule has 1 saturated heterocycles. The van der Waals surface area contributed by atoms with Crippen LogP contribution in [0, 0.1) is 0 Å². The van der Waals surface area contributed by atoms with Crippen molar-refractivity contribution in [1.29, 1.82) is 0 Å². The van der Waals surface area contributed by atoms with Gasteiger partial charge >= 0.3 is 0 Å². The zero-order chi connectivity index (χ0) is 17.2. The van der Waals surface area contributed by atoms with Crippen LogP contribution >= 0.6 is 0 Å². The van der Waals surface area contributed by atoms with E-state index in [1.165, 1.54) is 0 Å². The fourth-order valence-electron chi connectivity index (χ4n) is 3.46. The minimum absolute atomic E-state index is 0.00626. The van der Waals surface area contributed by atoms with Gasteiger partial charge in [-0.3, -0.25) is 14.7 Å². The smallest absolute Gasteiger partial charge is 0.255 e. The van der Waals surface area contributed by atoms with Gasteiger partial charge in [0.2, 0.25) is 0 Å². The molecule has 3 aromatic rings. The second-order valence-electron chi connectivity index (χ2n) is 6.47. The molecule has 128 valence electrons. The molecule has 1 atom stereocenters. The Morgan fingerprint density at radius 1 is 1.24 bits per heavy atom. The van der Waals surface area contributed by atoms with Crippen LogP contribution in [0.3, 0.4) is 0 Å². The Morgan fingerprint density at radius 3 is 2.96 bits per heavy atom. The van der Waals surface area contributed by atoms with E-state index in [0.717, 1.165) is 35.1 Å². The number of nitrogens with zero attached hydrogens (tertiary/aromatic N) is 3. The maximum atomic E-state index is 12.7. The summed E-state index contributed by atoms with van der Waals surface area (Å²) in [5.74, 6) is 0. The third kappa shape index (κ3) is 3.21. The Labute approximate surface area is 146 Å². The SMILES string of the molecule is Cn1c(=O)c(CN2CCO[C@H](c3cccnc3)C2)cc2ccccc21. The summed E-state index contributed by atoms with van der Waals surface area (Å²) >= 11 is 0. The summed E-state index contributed by atoms with van der Waals surface area (Å²) in [6, 6.07) is 14.0. The van der Waals surface area contributed by atoms with Crippen LogP contribution in [0.5, 0.6) is 0 Å². The Balaban J connectivity index is 1.59. The van der Waals surface area contributed by atoms with Crippen molar-refractivity contribution >= 4 is 10.9 Å². The highest BCUT2D eigenvalue weighted by Gasteiger charge is 2.23. The second kappa shape index (κ2) is 6.78. The molecule has 0 N–H and O–H groups in total. The highest BCUT2D eigenvalue weighted by atomic mass is 16.5. The van der Waals surface area contributed by atoms with Gasteiger partial charge in [-0.2, -0.15) is 0 Å². The summed E-state index contributed by atoms with van der Waals surface area (Å²) in [7, 11) is 1.84. The fourth-order valence-corrected chi connectivity index (χ4v) is 3.46. The highest BCUT2D eigenvalue weighted by molar-refractivity contribution is 5.79. The van der Waals surface area contributed by atoms with E-state index in [2.05, 4.69) is 16.0 Å². The predicted octanol–water partition coefficient (Wildman–Crippen LogP) is 2.51. The number of hydrogen-bond acceptors (Lipinski definition) is 4. The van der Waals surface area contributed by atoms with Crippen molar-refractivity contribution in [3.8, 4) is 0 Å². The van der Waals surface area contributed by atoms with Crippen LogP contribution in [-0.2, 0) is 18.3 Å². The summed E-state index contributed by atoms with van der Waals surface area (Å²) < 4.78 is 7.63.